The van der Waals surface area contributed by atoms with E-state index in [0.717, 1.165) is 31.5 Å². The molecule has 0 aliphatic carbocycles. The molecule has 1 atom stereocenters. The number of nitrogens with one attached hydrogen (secondary N) is 2. The van der Waals surface area contributed by atoms with Gasteiger partial charge in [0.15, 0.2) is 11.5 Å². The summed E-state index contributed by atoms with van der Waals surface area (Å²) in [7, 11) is 1.56. The van der Waals surface area contributed by atoms with Gasteiger partial charge in [-0.15, -0.1) is 10.2 Å². The first kappa shape index (κ1) is 30.1. The quantitative estimate of drug-likeness (QED) is 0.467. The van der Waals surface area contributed by atoms with Crippen LogP contribution in [-0.4, -0.2) is 75.2 Å². The number of oxazole rings is 1. The molecule has 43 heavy (non-hydrogen) atoms. The normalized spacial score (nSPS) is 18.4. The van der Waals surface area contributed by atoms with Crippen molar-refractivity contribution in [2.24, 2.45) is 5.92 Å². The number of hydrogen-bond donors (Lipinski definition) is 2. The Bertz CT molecular complexity index is 1480. The van der Waals surface area contributed by atoms with Gasteiger partial charge in [-0.3, -0.25) is 14.4 Å². The first-order valence-electron chi connectivity index (χ1n) is 14.8. The maximum absolute atomic E-state index is 13.8. The third-order valence-electron chi connectivity index (χ3n) is 7.75. The van der Waals surface area contributed by atoms with E-state index in [1.165, 1.54) is 4.90 Å². The molecule has 0 saturated carbocycles. The van der Waals surface area contributed by atoms with Gasteiger partial charge in [-0.05, 0) is 50.3 Å². The summed E-state index contributed by atoms with van der Waals surface area (Å²) in [5, 5.41) is 14.2. The average Bonchev–Trinajstić information content (AvgIpc) is 3.49. The molecule has 13 heteroatoms. The summed E-state index contributed by atoms with van der Waals surface area (Å²) in [5.41, 5.74) is 1.26. The molecular weight excluding hydrogens is 554 g/mol. The van der Waals surface area contributed by atoms with E-state index < -0.39 is 11.9 Å². The summed E-state index contributed by atoms with van der Waals surface area (Å²) < 4.78 is 19.3. The van der Waals surface area contributed by atoms with Crippen molar-refractivity contribution < 1.29 is 28.3 Å². The highest BCUT2D eigenvalue weighted by atomic mass is 16.5. The van der Waals surface area contributed by atoms with Crippen LogP contribution in [-0.2, 0) is 29.1 Å². The minimum atomic E-state index is -0.813. The lowest BCUT2D eigenvalue weighted by Crippen LogP contribution is -2.52. The molecular formula is C30H39N7O6. The molecule has 13 nitrogen and oxygen atoms in total. The van der Waals surface area contributed by atoms with Gasteiger partial charge in [-0.25, -0.2) is 4.98 Å². The minimum absolute atomic E-state index is 0.120. The molecule has 0 spiro atoms. The summed E-state index contributed by atoms with van der Waals surface area (Å²) in [5.74, 6) is 1.59. The third-order valence-corrected chi connectivity index (χ3v) is 7.75. The molecule has 0 radical (unpaired) electrons. The predicted molar refractivity (Wildman–Crippen MR) is 155 cm³/mol. The molecule has 1 aromatic carbocycles. The summed E-state index contributed by atoms with van der Waals surface area (Å²) in [6.07, 6.45) is 4.16. The monoisotopic (exact) mass is 593 g/mol. The molecule has 0 saturated heterocycles. The van der Waals surface area contributed by atoms with Crippen LogP contribution < -0.4 is 20.1 Å². The van der Waals surface area contributed by atoms with Crippen molar-refractivity contribution in [3.05, 3.63) is 41.3 Å². The van der Waals surface area contributed by atoms with Crippen LogP contribution in [0.1, 0.15) is 67.4 Å². The maximum atomic E-state index is 13.8. The van der Waals surface area contributed by atoms with Crippen LogP contribution in [0.15, 0.2) is 22.6 Å². The Hall–Kier alpha value is -4.42. The predicted octanol–water partition coefficient (Wildman–Crippen LogP) is 2.66. The number of ether oxygens (including phenoxy) is 2. The van der Waals surface area contributed by atoms with Crippen LogP contribution in [0.25, 0.3) is 11.5 Å². The van der Waals surface area contributed by atoms with E-state index in [1.54, 1.807) is 26.2 Å². The fourth-order valence-corrected chi connectivity index (χ4v) is 5.32. The highest BCUT2D eigenvalue weighted by molar-refractivity contribution is 5.95. The Morgan fingerprint density at radius 2 is 1.95 bits per heavy atom. The Morgan fingerprint density at radius 3 is 2.74 bits per heavy atom. The van der Waals surface area contributed by atoms with Gasteiger partial charge in [0.25, 0.3) is 5.91 Å². The zero-order valence-electron chi connectivity index (χ0n) is 25.1. The Balaban J connectivity index is 1.44. The van der Waals surface area contributed by atoms with Gasteiger partial charge in [0.05, 0.1) is 26.8 Å². The maximum Gasteiger partial charge on any atom is 0.292 e. The van der Waals surface area contributed by atoms with Crippen molar-refractivity contribution in [2.75, 3.05) is 26.8 Å². The van der Waals surface area contributed by atoms with E-state index in [1.807, 2.05) is 24.5 Å². The molecule has 2 aliphatic rings. The number of carbonyl (C=O) groups excluding carboxylic acids is 3. The van der Waals surface area contributed by atoms with Crippen LogP contribution in [0.5, 0.6) is 11.5 Å². The fourth-order valence-electron chi connectivity index (χ4n) is 5.32. The molecule has 3 amide bonds. The number of aromatic nitrogens is 4. The fraction of sp³-hybridized carbons (Fsp3) is 0.533. The topological polar surface area (TPSA) is 154 Å². The van der Waals surface area contributed by atoms with Crippen molar-refractivity contribution in [3.63, 3.8) is 0 Å². The van der Waals surface area contributed by atoms with E-state index >= 15 is 0 Å². The minimum Gasteiger partial charge on any atom is -0.493 e. The van der Waals surface area contributed by atoms with Gasteiger partial charge in [0, 0.05) is 25.1 Å². The van der Waals surface area contributed by atoms with Gasteiger partial charge in [0.2, 0.25) is 23.5 Å². The zero-order valence-corrected chi connectivity index (χ0v) is 25.1. The lowest BCUT2D eigenvalue weighted by molar-refractivity contribution is -0.130. The highest BCUT2D eigenvalue weighted by Crippen LogP contribution is 2.33. The molecule has 4 bridgehead atoms. The largest absolute Gasteiger partial charge is 0.493 e. The number of hydrogen-bond acceptors (Lipinski definition) is 9. The number of amides is 3. The molecule has 2 aromatic heterocycles. The molecule has 0 fully saturated rings. The molecule has 2 N–H and O–H groups in total. The number of methoxy groups -OCH3 is 1. The number of nitrogens with zero attached hydrogens (tertiary/aromatic N) is 5. The van der Waals surface area contributed by atoms with Crippen LogP contribution in [0, 0.1) is 12.8 Å². The number of rotatable bonds is 3. The lowest BCUT2D eigenvalue weighted by atomic mass is 10.0. The van der Waals surface area contributed by atoms with Gasteiger partial charge in [-0.2, -0.15) is 0 Å². The molecule has 2 aliphatic heterocycles. The first-order chi connectivity index (χ1) is 20.7. The van der Waals surface area contributed by atoms with Crippen molar-refractivity contribution >= 4 is 17.7 Å². The molecule has 0 unspecified atom stereocenters. The van der Waals surface area contributed by atoms with E-state index in [0.29, 0.717) is 47.4 Å². The summed E-state index contributed by atoms with van der Waals surface area (Å²) in [4.78, 5) is 46.4. The van der Waals surface area contributed by atoms with E-state index in [2.05, 4.69) is 25.8 Å². The molecule has 5 rings (SSSR count). The van der Waals surface area contributed by atoms with Crippen molar-refractivity contribution in [3.8, 4) is 23.0 Å². The number of benzene rings is 1. The van der Waals surface area contributed by atoms with Gasteiger partial charge >= 0.3 is 0 Å². The molecule has 4 heterocycles. The van der Waals surface area contributed by atoms with Crippen LogP contribution in [0.2, 0.25) is 0 Å². The molecule has 230 valence electrons. The second-order valence-corrected chi connectivity index (χ2v) is 11.2. The van der Waals surface area contributed by atoms with Gasteiger partial charge < -0.3 is 34.0 Å². The summed E-state index contributed by atoms with van der Waals surface area (Å²) in [6.45, 7) is 6.48. The number of fused-ring (bicyclic) bond motifs is 6. The molecule has 3 aromatic rings. The lowest BCUT2D eigenvalue weighted by Gasteiger charge is -2.25. The Labute approximate surface area is 250 Å². The van der Waals surface area contributed by atoms with E-state index in [4.69, 9.17) is 13.9 Å². The standard InChI is InChI=1S/C30H39N7O6/c1-18(2)26-28(39)31-16-21-19(3)43-29(32-21)20-10-11-22(41-4)23(15-20)42-14-8-12-36(17-25(38)33-26)30(40)27-35-34-24-9-6-5-7-13-37(24)27/h10-11,15,18,26H,5-9,12-14,16-17H2,1-4H3,(H,31,39)(H,33,38)/t26-/m0/s1. The van der Waals surface area contributed by atoms with E-state index in [9.17, 15) is 14.4 Å². The van der Waals surface area contributed by atoms with Crippen LogP contribution >= 0.6 is 0 Å². The average molecular weight is 594 g/mol. The van der Waals surface area contributed by atoms with Gasteiger partial charge in [-0.1, -0.05) is 20.3 Å². The van der Waals surface area contributed by atoms with Crippen molar-refractivity contribution in [2.45, 2.75) is 72.0 Å². The van der Waals surface area contributed by atoms with Crippen molar-refractivity contribution in [1.29, 1.82) is 0 Å². The van der Waals surface area contributed by atoms with Gasteiger partial charge in [0.1, 0.15) is 23.3 Å². The smallest absolute Gasteiger partial charge is 0.292 e. The van der Waals surface area contributed by atoms with E-state index in [-0.39, 0.29) is 49.8 Å². The summed E-state index contributed by atoms with van der Waals surface area (Å²) >= 11 is 0. The van der Waals surface area contributed by atoms with Crippen LogP contribution in [0.3, 0.4) is 0 Å². The Kier molecular flexibility index (Phi) is 9.27. The highest BCUT2D eigenvalue weighted by Gasteiger charge is 2.29. The zero-order chi connectivity index (χ0) is 30.5. The summed E-state index contributed by atoms with van der Waals surface area (Å²) in [6, 6.07) is 4.57. The second-order valence-electron chi connectivity index (χ2n) is 11.2. The van der Waals surface area contributed by atoms with Crippen molar-refractivity contribution in [1.82, 2.24) is 35.3 Å². The first-order valence-corrected chi connectivity index (χ1v) is 14.8. The van der Waals surface area contributed by atoms with Crippen LogP contribution in [0.4, 0.5) is 0 Å². The number of aryl methyl sites for hydroxylation is 2. The number of carbonyl (C=O) groups is 3. The second kappa shape index (κ2) is 13.3. The SMILES string of the molecule is COc1ccc2cc1OCCCN(C(=O)c1nnc3n1CCCCC3)CC(=O)N[C@@H](C(C)C)C(=O)NCc1nc-2oc1C. The Morgan fingerprint density at radius 1 is 1.12 bits per heavy atom. The third kappa shape index (κ3) is 6.81.